The minimum absolute atomic E-state index is 0.0453. The third-order valence-corrected chi connectivity index (χ3v) is 5.30. The lowest BCUT2D eigenvalue weighted by Gasteiger charge is -2.07. The van der Waals surface area contributed by atoms with E-state index in [0.717, 1.165) is 29.3 Å². The fraction of sp³-hybridized carbons (Fsp3) is 0.211. The second-order valence-corrected chi connectivity index (χ2v) is 7.00. The third-order valence-electron chi connectivity index (χ3n) is 4.28. The first-order valence-corrected chi connectivity index (χ1v) is 9.24. The Balaban J connectivity index is 1.61. The lowest BCUT2D eigenvalue weighted by atomic mass is 10.1. The molecule has 0 bridgehead atoms. The Morgan fingerprint density at radius 2 is 1.76 bits per heavy atom. The van der Waals surface area contributed by atoms with Crippen LogP contribution in [0.5, 0.6) is 0 Å². The Morgan fingerprint density at radius 3 is 2.60 bits per heavy atom. The normalized spacial score (nSPS) is 11.4. The van der Waals surface area contributed by atoms with Crippen molar-refractivity contribution in [2.75, 3.05) is 5.75 Å². The van der Waals surface area contributed by atoms with Crippen molar-refractivity contribution in [3.8, 4) is 0 Å². The molecule has 0 aliphatic carbocycles. The maximum absolute atomic E-state index is 12.4. The van der Waals surface area contributed by atoms with E-state index < -0.39 is 0 Å². The van der Waals surface area contributed by atoms with E-state index in [-0.39, 0.29) is 5.56 Å². The lowest BCUT2D eigenvalue weighted by molar-refractivity contribution is 0.853. The molecule has 0 atom stereocenters. The zero-order chi connectivity index (χ0) is 17.2. The molecule has 0 unspecified atom stereocenters. The van der Waals surface area contributed by atoms with Crippen LogP contribution in [0.25, 0.3) is 16.7 Å². The van der Waals surface area contributed by atoms with Crippen LogP contribution in [0.2, 0.25) is 0 Å². The van der Waals surface area contributed by atoms with Crippen LogP contribution in [0.15, 0.2) is 64.5 Å². The van der Waals surface area contributed by atoms with Crippen molar-refractivity contribution >= 4 is 28.4 Å². The van der Waals surface area contributed by atoms with E-state index in [4.69, 9.17) is 0 Å². The van der Waals surface area contributed by atoms with Crippen molar-refractivity contribution in [1.29, 1.82) is 0 Å². The van der Waals surface area contributed by atoms with E-state index in [1.54, 1.807) is 23.4 Å². The number of para-hydroxylation sites is 1. The molecule has 6 heteroatoms. The molecule has 5 nitrogen and oxygen atoms in total. The molecule has 0 aliphatic rings. The molecule has 0 N–H and O–H groups in total. The van der Waals surface area contributed by atoms with Crippen LogP contribution < -0.4 is 5.56 Å². The van der Waals surface area contributed by atoms with Crippen LogP contribution in [-0.2, 0) is 13.5 Å². The van der Waals surface area contributed by atoms with Gasteiger partial charge in [0.1, 0.15) is 0 Å². The van der Waals surface area contributed by atoms with Gasteiger partial charge in [0, 0.05) is 12.8 Å². The molecule has 4 rings (SSSR count). The fourth-order valence-corrected chi connectivity index (χ4v) is 3.87. The van der Waals surface area contributed by atoms with E-state index in [1.165, 1.54) is 5.56 Å². The summed E-state index contributed by atoms with van der Waals surface area (Å²) in [7, 11) is 1.74. The van der Waals surface area contributed by atoms with Gasteiger partial charge in [0.2, 0.25) is 5.78 Å². The van der Waals surface area contributed by atoms with Crippen LogP contribution in [-0.4, -0.2) is 24.9 Å². The summed E-state index contributed by atoms with van der Waals surface area (Å²) in [5.74, 6) is 1.53. The number of aryl methyl sites for hydroxylation is 2. The van der Waals surface area contributed by atoms with Gasteiger partial charge in [-0.05, 0) is 30.5 Å². The molecule has 126 valence electrons. The molecule has 0 saturated carbocycles. The quantitative estimate of drug-likeness (QED) is 0.409. The van der Waals surface area contributed by atoms with Crippen molar-refractivity contribution in [1.82, 2.24) is 19.2 Å². The fourth-order valence-electron chi connectivity index (χ4n) is 2.99. The predicted octanol–water partition coefficient (Wildman–Crippen LogP) is 3.31. The van der Waals surface area contributed by atoms with E-state index >= 15 is 0 Å². The summed E-state index contributed by atoms with van der Waals surface area (Å²) in [6.07, 6.45) is 2.11. The number of rotatable bonds is 5. The summed E-state index contributed by atoms with van der Waals surface area (Å²) in [4.78, 5) is 12.4. The number of benzene rings is 2. The van der Waals surface area contributed by atoms with Gasteiger partial charge in [-0.25, -0.2) is 0 Å². The standard InChI is InChI=1S/C19H18N4OS/c1-22-17(24)15-11-5-6-12-16(15)23-18(22)20-21-19(23)25-13-7-10-14-8-3-2-4-9-14/h2-6,8-9,11-12H,7,10,13H2,1H3. The highest BCUT2D eigenvalue weighted by Gasteiger charge is 2.14. The molecular weight excluding hydrogens is 332 g/mol. The second-order valence-electron chi connectivity index (χ2n) is 5.94. The smallest absolute Gasteiger partial charge is 0.262 e. The molecular formula is C19H18N4OS. The molecule has 0 fully saturated rings. The topological polar surface area (TPSA) is 52.2 Å². The number of hydrogen-bond donors (Lipinski definition) is 0. The van der Waals surface area contributed by atoms with Crippen LogP contribution in [0.1, 0.15) is 12.0 Å². The first-order valence-electron chi connectivity index (χ1n) is 8.25. The molecule has 2 aromatic carbocycles. The largest absolute Gasteiger partial charge is 0.279 e. The van der Waals surface area contributed by atoms with Crippen molar-refractivity contribution in [2.24, 2.45) is 7.05 Å². The second kappa shape index (κ2) is 6.72. The van der Waals surface area contributed by atoms with Gasteiger partial charge in [0.15, 0.2) is 5.16 Å². The van der Waals surface area contributed by atoms with Gasteiger partial charge in [-0.2, -0.15) is 0 Å². The summed E-state index contributed by atoms with van der Waals surface area (Å²) in [6.45, 7) is 0. The third kappa shape index (κ3) is 2.93. The molecule has 0 aliphatic heterocycles. The average molecular weight is 350 g/mol. The summed E-state index contributed by atoms with van der Waals surface area (Å²) in [5, 5.41) is 10.0. The summed E-state index contributed by atoms with van der Waals surface area (Å²) in [5.41, 5.74) is 2.16. The monoisotopic (exact) mass is 350 g/mol. The van der Waals surface area contributed by atoms with Crippen LogP contribution >= 0.6 is 11.8 Å². The predicted molar refractivity (Wildman–Crippen MR) is 101 cm³/mol. The van der Waals surface area contributed by atoms with Crippen molar-refractivity contribution in [3.05, 3.63) is 70.5 Å². The van der Waals surface area contributed by atoms with Gasteiger partial charge >= 0.3 is 0 Å². The molecule has 25 heavy (non-hydrogen) atoms. The van der Waals surface area contributed by atoms with Gasteiger partial charge in [0.05, 0.1) is 10.9 Å². The minimum Gasteiger partial charge on any atom is -0.279 e. The van der Waals surface area contributed by atoms with E-state index in [2.05, 4.69) is 34.5 Å². The average Bonchev–Trinajstić information content (AvgIpc) is 3.08. The summed E-state index contributed by atoms with van der Waals surface area (Å²) >= 11 is 1.68. The zero-order valence-corrected chi connectivity index (χ0v) is 14.7. The molecule has 4 aromatic rings. The number of thioether (sulfide) groups is 1. The van der Waals surface area contributed by atoms with E-state index in [1.807, 2.05) is 34.7 Å². The molecule has 0 radical (unpaired) electrons. The van der Waals surface area contributed by atoms with Gasteiger partial charge in [-0.1, -0.05) is 54.2 Å². The van der Waals surface area contributed by atoms with Crippen molar-refractivity contribution in [3.63, 3.8) is 0 Å². The van der Waals surface area contributed by atoms with Gasteiger partial charge in [-0.15, -0.1) is 10.2 Å². The first-order chi connectivity index (χ1) is 12.3. The Morgan fingerprint density at radius 1 is 1.00 bits per heavy atom. The molecule has 0 saturated heterocycles. The Kier molecular flexibility index (Phi) is 4.28. The van der Waals surface area contributed by atoms with Crippen LogP contribution in [0.3, 0.4) is 0 Å². The highest BCUT2D eigenvalue weighted by molar-refractivity contribution is 7.99. The first kappa shape index (κ1) is 15.9. The maximum atomic E-state index is 12.4. The van der Waals surface area contributed by atoms with Crippen LogP contribution in [0.4, 0.5) is 0 Å². The number of aromatic nitrogens is 4. The van der Waals surface area contributed by atoms with Crippen LogP contribution in [0, 0.1) is 0 Å². The SMILES string of the molecule is Cn1c(=O)c2ccccc2n2c(SCCCc3ccccc3)nnc12. The number of nitrogens with zero attached hydrogens (tertiary/aromatic N) is 4. The minimum atomic E-state index is -0.0453. The Hall–Kier alpha value is -2.60. The number of hydrogen-bond acceptors (Lipinski definition) is 4. The number of fused-ring (bicyclic) bond motifs is 3. The van der Waals surface area contributed by atoms with E-state index in [0.29, 0.717) is 11.2 Å². The zero-order valence-electron chi connectivity index (χ0n) is 13.9. The molecule has 2 heterocycles. The molecule has 0 amide bonds. The van der Waals surface area contributed by atoms with Gasteiger partial charge in [0.25, 0.3) is 5.56 Å². The van der Waals surface area contributed by atoms with Crippen molar-refractivity contribution < 1.29 is 0 Å². The van der Waals surface area contributed by atoms with Gasteiger partial charge in [-0.3, -0.25) is 13.8 Å². The summed E-state index contributed by atoms with van der Waals surface area (Å²) < 4.78 is 3.53. The summed E-state index contributed by atoms with van der Waals surface area (Å²) in [6, 6.07) is 18.1. The van der Waals surface area contributed by atoms with Crippen molar-refractivity contribution in [2.45, 2.75) is 18.0 Å². The maximum Gasteiger partial charge on any atom is 0.262 e. The lowest BCUT2D eigenvalue weighted by Crippen LogP contribution is -2.20. The highest BCUT2D eigenvalue weighted by atomic mass is 32.2. The molecule has 2 aromatic heterocycles. The molecule has 0 spiro atoms. The highest BCUT2D eigenvalue weighted by Crippen LogP contribution is 2.22. The Bertz CT molecular complexity index is 1090. The van der Waals surface area contributed by atoms with E-state index in [9.17, 15) is 4.79 Å². The van der Waals surface area contributed by atoms with Gasteiger partial charge < -0.3 is 0 Å². The Labute approximate surface area is 149 Å².